The molecule has 0 aliphatic heterocycles. The number of thiophene rings is 1. The van der Waals surface area contributed by atoms with Crippen LogP contribution in [0.25, 0.3) is 0 Å². The monoisotopic (exact) mass is 249 g/mol. The van der Waals surface area contributed by atoms with E-state index in [4.69, 9.17) is 11.6 Å². The van der Waals surface area contributed by atoms with Crippen molar-refractivity contribution in [3.8, 4) is 0 Å². The maximum Gasteiger partial charge on any atom is 0.177 e. The average molecular weight is 250 g/mol. The first-order valence-corrected chi connectivity index (χ1v) is 6.51. The molecular formula is C9H12ClNOS2. The molecule has 1 rings (SSSR count). The molecule has 0 N–H and O–H groups in total. The van der Waals surface area contributed by atoms with Gasteiger partial charge in [0, 0.05) is 5.56 Å². The highest BCUT2D eigenvalue weighted by Crippen LogP contribution is 2.30. The number of hydrogen-bond acceptors (Lipinski definition) is 4. The van der Waals surface area contributed by atoms with Crippen molar-refractivity contribution in [2.45, 2.75) is 17.6 Å². The van der Waals surface area contributed by atoms with Gasteiger partial charge >= 0.3 is 0 Å². The van der Waals surface area contributed by atoms with Gasteiger partial charge in [-0.25, -0.2) is 0 Å². The van der Waals surface area contributed by atoms with Crippen molar-refractivity contribution in [2.75, 3.05) is 12.9 Å². The van der Waals surface area contributed by atoms with E-state index in [0.717, 1.165) is 17.7 Å². The Balaban J connectivity index is 2.76. The number of oxime groups is 1. The summed E-state index contributed by atoms with van der Waals surface area (Å²) in [6, 6.07) is 1.97. The van der Waals surface area contributed by atoms with Crippen LogP contribution in [0.15, 0.2) is 20.8 Å². The minimum Gasteiger partial charge on any atom is -0.398 e. The summed E-state index contributed by atoms with van der Waals surface area (Å²) < 4.78 is 1.21. The van der Waals surface area contributed by atoms with Gasteiger partial charge in [0.05, 0.1) is 4.21 Å². The third-order valence-electron chi connectivity index (χ3n) is 1.46. The van der Waals surface area contributed by atoms with Crippen molar-refractivity contribution in [3.63, 3.8) is 0 Å². The zero-order valence-corrected chi connectivity index (χ0v) is 10.5. The molecule has 0 amide bonds. The maximum absolute atomic E-state index is 5.95. The minimum absolute atomic E-state index is 0.423. The Labute approximate surface area is 97.3 Å². The largest absolute Gasteiger partial charge is 0.398 e. The van der Waals surface area contributed by atoms with Gasteiger partial charge in [-0.1, -0.05) is 23.7 Å². The highest BCUT2D eigenvalue weighted by atomic mass is 35.5. The van der Waals surface area contributed by atoms with Gasteiger partial charge in [-0.3, -0.25) is 0 Å². The van der Waals surface area contributed by atoms with Gasteiger partial charge in [-0.2, -0.15) is 0 Å². The highest BCUT2D eigenvalue weighted by molar-refractivity contribution is 8.01. The SMILES string of the molecule is CCCSc1sccc1/C(Cl)=N/OC. The van der Waals surface area contributed by atoms with Gasteiger partial charge in [-0.15, -0.1) is 23.1 Å². The fourth-order valence-corrected chi connectivity index (χ4v) is 3.24. The second-order valence-corrected chi connectivity index (χ2v) is 5.17. The normalized spacial score (nSPS) is 11.8. The lowest BCUT2D eigenvalue weighted by molar-refractivity contribution is 0.214. The number of rotatable bonds is 5. The van der Waals surface area contributed by atoms with Crippen molar-refractivity contribution in [3.05, 3.63) is 17.0 Å². The molecule has 0 unspecified atom stereocenters. The second-order valence-electron chi connectivity index (χ2n) is 2.53. The molecule has 0 saturated heterocycles. The third-order valence-corrected chi connectivity index (χ3v) is 4.18. The van der Waals surface area contributed by atoms with E-state index in [1.54, 1.807) is 23.1 Å². The lowest BCUT2D eigenvalue weighted by atomic mass is 10.4. The van der Waals surface area contributed by atoms with Crippen molar-refractivity contribution >= 4 is 39.9 Å². The molecule has 0 atom stereocenters. The predicted octanol–water partition coefficient (Wildman–Crippen LogP) is 3.80. The molecule has 0 saturated carbocycles. The van der Waals surface area contributed by atoms with Gasteiger partial charge in [0.25, 0.3) is 0 Å². The number of nitrogens with zero attached hydrogens (tertiary/aromatic N) is 1. The zero-order valence-electron chi connectivity index (χ0n) is 8.12. The molecule has 1 aromatic heterocycles. The Kier molecular flexibility index (Phi) is 5.37. The molecule has 78 valence electrons. The fraction of sp³-hybridized carbons (Fsp3) is 0.444. The quantitative estimate of drug-likeness (QED) is 0.450. The van der Waals surface area contributed by atoms with Gasteiger partial charge < -0.3 is 4.84 Å². The molecule has 14 heavy (non-hydrogen) atoms. The Morgan fingerprint density at radius 1 is 1.71 bits per heavy atom. The van der Waals surface area contributed by atoms with Crippen LogP contribution in [0.4, 0.5) is 0 Å². The van der Waals surface area contributed by atoms with Crippen LogP contribution in [-0.2, 0) is 4.84 Å². The van der Waals surface area contributed by atoms with E-state index >= 15 is 0 Å². The summed E-state index contributed by atoms with van der Waals surface area (Å²) in [5.74, 6) is 1.10. The summed E-state index contributed by atoms with van der Waals surface area (Å²) >= 11 is 9.44. The summed E-state index contributed by atoms with van der Waals surface area (Å²) in [4.78, 5) is 4.64. The van der Waals surface area contributed by atoms with Crippen molar-refractivity contribution in [1.82, 2.24) is 0 Å². The lowest BCUT2D eigenvalue weighted by Crippen LogP contribution is -1.91. The molecule has 0 radical (unpaired) electrons. The Hall–Kier alpha value is -0.190. The number of hydrogen-bond donors (Lipinski definition) is 0. The van der Waals surface area contributed by atoms with Crippen LogP contribution in [0.3, 0.4) is 0 Å². The van der Waals surface area contributed by atoms with Crippen LogP contribution in [0.1, 0.15) is 18.9 Å². The second kappa shape index (κ2) is 6.32. The first kappa shape index (κ1) is 11.9. The van der Waals surface area contributed by atoms with E-state index in [-0.39, 0.29) is 0 Å². The lowest BCUT2D eigenvalue weighted by Gasteiger charge is -1.99. The predicted molar refractivity (Wildman–Crippen MR) is 64.7 cm³/mol. The van der Waals surface area contributed by atoms with Gasteiger partial charge in [0.2, 0.25) is 0 Å². The molecule has 5 heteroatoms. The smallest absolute Gasteiger partial charge is 0.177 e. The third kappa shape index (κ3) is 3.19. The van der Waals surface area contributed by atoms with Crippen LogP contribution in [0, 0.1) is 0 Å². The van der Waals surface area contributed by atoms with Crippen LogP contribution < -0.4 is 0 Å². The molecule has 2 nitrogen and oxygen atoms in total. The molecule has 0 aliphatic rings. The van der Waals surface area contributed by atoms with Gasteiger partial charge in [0.1, 0.15) is 7.11 Å². The summed E-state index contributed by atoms with van der Waals surface area (Å²) in [6.07, 6.45) is 1.15. The maximum atomic E-state index is 5.95. The standard InChI is InChI=1S/C9H12ClNOS2/c1-3-5-13-9-7(4-6-14-9)8(10)11-12-2/h4,6H,3,5H2,1-2H3/b11-8-. The van der Waals surface area contributed by atoms with Crippen molar-refractivity contribution in [1.29, 1.82) is 0 Å². The Bertz CT molecular complexity index is 312. The van der Waals surface area contributed by atoms with Crippen LogP contribution in [0.5, 0.6) is 0 Å². The topological polar surface area (TPSA) is 21.6 Å². The van der Waals surface area contributed by atoms with Gasteiger partial charge in [-0.05, 0) is 23.6 Å². The number of halogens is 1. The molecular weight excluding hydrogens is 238 g/mol. The zero-order chi connectivity index (χ0) is 10.4. The summed E-state index contributed by atoms with van der Waals surface area (Å²) in [7, 11) is 1.49. The molecule has 0 aromatic carbocycles. The molecule has 0 spiro atoms. The summed E-state index contributed by atoms with van der Waals surface area (Å²) in [5.41, 5.74) is 0.969. The van der Waals surface area contributed by atoms with Crippen molar-refractivity contribution in [2.24, 2.45) is 5.16 Å². The number of thioether (sulfide) groups is 1. The van der Waals surface area contributed by atoms with Crippen LogP contribution >= 0.6 is 34.7 Å². The van der Waals surface area contributed by atoms with Crippen LogP contribution in [-0.4, -0.2) is 18.0 Å². The van der Waals surface area contributed by atoms with E-state index in [1.165, 1.54) is 11.3 Å². The first-order chi connectivity index (χ1) is 6.79. The van der Waals surface area contributed by atoms with E-state index in [0.29, 0.717) is 5.17 Å². The van der Waals surface area contributed by atoms with E-state index in [9.17, 15) is 0 Å². The summed E-state index contributed by atoms with van der Waals surface area (Å²) in [5, 5.41) is 6.15. The molecule has 1 heterocycles. The Morgan fingerprint density at radius 3 is 3.14 bits per heavy atom. The molecule has 0 aliphatic carbocycles. The molecule has 0 fully saturated rings. The molecule has 1 aromatic rings. The van der Waals surface area contributed by atoms with E-state index in [1.807, 2.05) is 11.4 Å². The van der Waals surface area contributed by atoms with Crippen LogP contribution in [0.2, 0.25) is 0 Å². The average Bonchev–Trinajstić information content (AvgIpc) is 2.63. The van der Waals surface area contributed by atoms with E-state index < -0.39 is 0 Å². The molecule has 0 bridgehead atoms. The Morgan fingerprint density at radius 2 is 2.50 bits per heavy atom. The van der Waals surface area contributed by atoms with Gasteiger partial charge in [0.15, 0.2) is 5.17 Å². The first-order valence-electron chi connectivity index (χ1n) is 4.27. The van der Waals surface area contributed by atoms with E-state index in [2.05, 4.69) is 16.9 Å². The van der Waals surface area contributed by atoms with Crippen molar-refractivity contribution < 1.29 is 4.84 Å². The fourth-order valence-electron chi connectivity index (χ4n) is 0.884. The minimum atomic E-state index is 0.423. The highest BCUT2D eigenvalue weighted by Gasteiger charge is 2.09. The summed E-state index contributed by atoms with van der Waals surface area (Å²) in [6.45, 7) is 2.16.